The van der Waals surface area contributed by atoms with Crippen LogP contribution in [0.25, 0.3) is 5.57 Å². The summed E-state index contributed by atoms with van der Waals surface area (Å²) in [7, 11) is -2.57. The lowest BCUT2D eigenvalue weighted by Crippen LogP contribution is -2.40. The van der Waals surface area contributed by atoms with Crippen LogP contribution >= 0.6 is 0 Å². The molecule has 1 atom stereocenters. The van der Waals surface area contributed by atoms with Crippen molar-refractivity contribution in [3.63, 3.8) is 0 Å². The number of carbonyl (C=O) groups excluding carboxylic acids is 1. The fraction of sp³-hybridized carbons (Fsp3) is 0.160. The summed E-state index contributed by atoms with van der Waals surface area (Å²) in [6.45, 7) is 3.84. The summed E-state index contributed by atoms with van der Waals surface area (Å²) < 4.78 is 28.1. The molecule has 1 amide bonds. The van der Waals surface area contributed by atoms with Crippen LogP contribution in [0.4, 0.5) is 5.69 Å². The van der Waals surface area contributed by atoms with Crippen molar-refractivity contribution >= 4 is 27.2 Å². The molecule has 31 heavy (non-hydrogen) atoms. The molecule has 0 aliphatic carbocycles. The van der Waals surface area contributed by atoms with E-state index in [4.69, 9.17) is 0 Å². The van der Waals surface area contributed by atoms with E-state index in [0.29, 0.717) is 22.4 Å². The molecule has 0 spiro atoms. The van der Waals surface area contributed by atoms with Crippen LogP contribution in [0.3, 0.4) is 0 Å². The normalized spacial score (nSPS) is 15.9. The van der Waals surface area contributed by atoms with Gasteiger partial charge in [0.25, 0.3) is 15.9 Å². The van der Waals surface area contributed by atoms with E-state index >= 15 is 0 Å². The molecule has 1 aliphatic rings. The van der Waals surface area contributed by atoms with E-state index in [1.54, 1.807) is 12.1 Å². The Morgan fingerprint density at radius 1 is 0.903 bits per heavy atom. The van der Waals surface area contributed by atoms with Crippen molar-refractivity contribution in [3.05, 3.63) is 106 Å². The Labute approximate surface area is 183 Å². The third-order valence-electron chi connectivity index (χ3n) is 5.55. The topological polar surface area (TPSA) is 66.5 Å². The van der Waals surface area contributed by atoms with Crippen molar-refractivity contribution in [1.29, 1.82) is 0 Å². The highest BCUT2D eigenvalue weighted by atomic mass is 32.2. The third kappa shape index (κ3) is 3.75. The monoisotopic (exact) mass is 432 g/mol. The maximum absolute atomic E-state index is 13.5. The molecule has 3 aromatic carbocycles. The fourth-order valence-electron chi connectivity index (χ4n) is 3.80. The molecule has 1 N–H and O–H groups in total. The van der Waals surface area contributed by atoms with Gasteiger partial charge in [0.05, 0.1) is 11.7 Å². The van der Waals surface area contributed by atoms with Crippen LogP contribution < -0.4 is 9.62 Å². The average molecular weight is 433 g/mol. The number of fused-ring (bicyclic) bond motifs is 1. The minimum Gasteiger partial charge on any atom is -0.345 e. The minimum absolute atomic E-state index is 0.237. The van der Waals surface area contributed by atoms with Gasteiger partial charge in [-0.15, -0.1) is 0 Å². The molecule has 4 rings (SSSR count). The van der Waals surface area contributed by atoms with Crippen molar-refractivity contribution in [1.82, 2.24) is 5.32 Å². The number of hydrogen-bond donors (Lipinski definition) is 1. The molecule has 0 saturated carbocycles. The molecule has 0 fully saturated rings. The number of sulfonamides is 1. The van der Waals surface area contributed by atoms with Crippen LogP contribution in [0.15, 0.2) is 83.8 Å². The highest BCUT2D eigenvalue weighted by molar-refractivity contribution is 7.97. The fourth-order valence-corrected chi connectivity index (χ4v) is 5.27. The maximum Gasteiger partial charge on any atom is 0.270 e. The van der Waals surface area contributed by atoms with Gasteiger partial charge in [-0.1, -0.05) is 78.4 Å². The Kier molecular flexibility index (Phi) is 5.41. The molecule has 0 saturated heterocycles. The molecule has 0 bridgehead atoms. The first kappa shape index (κ1) is 20.9. The summed E-state index contributed by atoms with van der Waals surface area (Å²) in [5.74, 6) is -0.617. The van der Waals surface area contributed by atoms with E-state index < -0.39 is 15.9 Å². The molecule has 158 valence electrons. The van der Waals surface area contributed by atoms with Gasteiger partial charge in [0.2, 0.25) is 0 Å². The SMILES string of the molecule is Cc1ccc([C@@H](C)NC(=O)C2=C(c3ccccc3)c3ccccc3N(C)S2(=O)=O)cc1. The van der Waals surface area contributed by atoms with Crippen molar-refractivity contribution in [2.24, 2.45) is 0 Å². The second kappa shape index (κ2) is 8.04. The lowest BCUT2D eigenvalue weighted by atomic mass is 9.95. The molecule has 5 nitrogen and oxygen atoms in total. The Balaban J connectivity index is 1.87. The molecular weight excluding hydrogens is 408 g/mol. The van der Waals surface area contributed by atoms with Gasteiger partial charge in [-0.05, 0) is 31.0 Å². The minimum atomic E-state index is -4.05. The molecule has 0 radical (unpaired) electrons. The van der Waals surface area contributed by atoms with E-state index in [1.165, 1.54) is 11.4 Å². The maximum atomic E-state index is 13.5. The number of nitrogens with one attached hydrogen (secondary N) is 1. The zero-order chi connectivity index (χ0) is 22.2. The zero-order valence-electron chi connectivity index (χ0n) is 17.7. The van der Waals surface area contributed by atoms with Gasteiger partial charge >= 0.3 is 0 Å². The lowest BCUT2D eigenvalue weighted by Gasteiger charge is -2.31. The second-order valence-corrected chi connectivity index (χ2v) is 9.57. The number of nitrogens with zero attached hydrogens (tertiary/aromatic N) is 1. The van der Waals surface area contributed by atoms with Crippen molar-refractivity contribution < 1.29 is 13.2 Å². The summed E-state index contributed by atoms with van der Waals surface area (Å²) in [6.07, 6.45) is 0. The van der Waals surface area contributed by atoms with Gasteiger partial charge < -0.3 is 5.32 Å². The number of rotatable bonds is 4. The standard InChI is InChI=1S/C25H24N2O3S/c1-17-13-15-19(16-14-17)18(2)26-25(28)24-23(20-9-5-4-6-10-20)21-11-7-8-12-22(21)27(3)31(24,29)30/h4-16,18H,1-3H3,(H,26,28)/t18-/m1/s1. The van der Waals surface area contributed by atoms with E-state index in [0.717, 1.165) is 11.1 Å². The van der Waals surface area contributed by atoms with Crippen LogP contribution in [-0.4, -0.2) is 21.4 Å². The number of aryl methyl sites for hydroxylation is 1. The number of benzene rings is 3. The molecule has 1 aliphatic heterocycles. The smallest absolute Gasteiger partial charge is 0.270 e. The molecule has 1 heterocycles. The van der Waals surface area contributed by atoms with E-state index in [9.17, 15) is 13.2 Å². The molecule has 0 aromatic heterocycles. The third-order valence-corrected chi connectivity index (χ3v) is 7.38. The lowest BCUT2D eigenvalue weighted by molar-refractivity contribution is -0.117. The summed E-state index contributed by atoms with van der Waals surface area (Å²) in [5, 5.41) is 2.89. The molecule has 0 unspecified atom stereocenters. The highest BCUT2D eigenvalue weighted by Crippen LogP contribution is 2.42. The van der Waals surface area contributed by atoms with Gasteiger partial charge in [0, 0.05) is 18.2 Å². The summed E-state index contributed by atoms with van der Waals surface area (Å²) in [6, 6.07) is 23.9. The largest absolute Gasteiger partial charge is 0.345 e. The first-order valence-electron chi connectivity index (χ1n) is 10.1. The van der Waals surface area contributed by atoms with Crippen molar-refractivity contribution in [3.8, 4) is 0 Å². The number of amides is 1. The van der Waals surface area contributed by atoms with Crippen molar-refractivity contribution in [2.45, 2.75) is 19.9 Å². The van der Waals surface area contributed by atoms with Crippen LogP contribution in [0.1, 0.15) is 35.2 Å². The Hall–Kier alpha value is -3.38. The number of para-hydroxylation sites is 1. The van der Waals surface area contributed by atoms with Gasteiger partial charge in [0.1, 0.15) is 0 Å². The van der Waals surface area contributed by atoms with E-state index in [1.807, 2.05) is 80.6 Å². The van der Waals surface area contributed by atoms with Gasteiger partial charge in [0.15, 0.2) is 4.91 Å². The van der Waals surface area contributed by atoms with E-state index in [-0.39, 0.29) is 10.9 Å². The van der Waals surface area contributed by atoms with Gasteiger partial charge in [-0.2, -0.15) is 0 Å². The Morgan fingerprint density at radius 3 is 2.19 bits per heavy atom. The Bertz CT molecular complexity index is 1260. The van der Waals surface area contributed by atoms with Gasteiger partial charge in [-0.3, -0.25) is 9.10 Å². The van der Waals surface area contributed by atoms with Crippen LogP contribution in [0.2, 0.25) is 0 Å². The first-order chi connectivity index (χ1) is 14.8. The number of carbonyl (C=O) groups is 1. The van der Waals surface area contributed by atoms with Crippen molar-refractivity contribution in [2.75, 3.05) is 11.4 Å². The summed E-state index contributed by atoms with van der Waals surface area (Å²) in [4.78, 5) is 13.2. The highest BCUT2D eigenvalue weighted by Gasteiger charge is 2.39. The zero-order valence-corrected chi connectivity index (χ0v) is 18.5. The predicted octanol–water partition coefficient (Wildman–Crippen LogP) is 4.41. The first-order valence-corrected chi connectivity index (χ1v) is 11.5. The van der Waals surface area contributed by atoms with Crippen LogP contribution in [0, 0.1) is 6.92 Å². The molecule has 6 heteroatoms. The van der Waals surface area contributed by atoms with Crippen LogP contribution in [-0.2, 0) is 14.8 Å². The summed E-state index contributed by atoms with van der Waals surface area (Å²) in [5.41, 5.74) is 4.37. The quantitative estimate of drug-likeness (QED) is 0.664. The predicted molar refractivity (Wildman–Crippen MR) is 124 cm³/mol. The number of anilines is 1. The van der Waals surface area contributed by atoms with Crippen LogP contribution in [0.5, 0.6) is 0 Å². The molecular formula is C25H24N2O3S. The van der Waals surface area contributed by atoms with E-state index in [2.05, 4.69) is 5.32 Å². The number of hydrogen-bond acceptors (Lipinski definition) is 3. The second-order valence-electron chi connectivity index (χ2n) is 7.67. The Morgan fingerprint density at radius 2 is 1.52 bits per heavy atom. The molecule has 3 aromatic rings. The van der Waals surface area contributed by atoms with Gasteiger partial charge in [-0.25, -0.2) is 8.42 Å². The summed E-state index contributed by atoms with van der Waals surface area (Å²) >= 11 is 0. The average Bonchev–Trinajstić information content (AvgIpc) is 2.77.